The highest BCUT2D eigenvalue weighted by atomic mass is 32.2. The summed E-state index contributed by atoms with van der Waals surface area (Å²) in [6.45, 7) is 3.42. The van der Waals surface area contributed by atoms with E-state index in [0.717, 1.165) is 27.1 Å². The van der Waals surface area contributed by atoms with Gasteiger partial charge in [0, 0.05) is 34.0 Å². The number of aryl methyl sites for hydroxylation is 1. The molecule has 5 nitrogen and oxygen atoms in total. The molecule has 2 heterocycles. The Balaban J connectivity index is 1.64. The number of nitrogens with one attached hydrogen (secondary N) is 2. The van der Waals surface area contributed by atoms with Crippen LogP contribution in [0.3, 0.4) is 0 Å². The molecule has 0 aliphatic rings. The molecule has 168 valence electrons. The fourth-order valence-electron chi connectivity index (χ4n) is 3.21. The van der Waals surface area contributed by atoms with Crippen LogP contribution in [0.25, 0.3) is 11.0 Å². The van der Waals surface area contributed by atoms with Crippen LogP contribution in [-0.4, -0.2) is 15.9 Å². The summed E-state index contributed by atoms with van der Waals surface area (Å²) in [5, 5.41) is 6.56. The van der Waals surface area contributed by atoms with E-state index >= 15 is 0 Å². The first-order chi connectivity index (χ1) is 15.7. The zero-order chi connectivity index (χ0) is 23.6. The molecule has 0 radical (unpaired) electrons. The number of pyridine rings is 2. The minimum atomic E-state index is -4.53. The molecule has 2 aromatic heterocycles. The molecular weight excluding hydrogens is 449 g/mol. The Hall–Kier alpha value is -3.59. The third-order valence-electron chi connectivity index (χ3n) is 4.70. The highest BCUT2D eigenvalue weighted by Crippen LogP contribution is 2.37. The van der Waals surface area contributed by atoms with Gasteiger partial charge in [0.1, 0.15) is 5.69 Å². The van der Waals surface area contributed by atoms with Crippen LogP contribution in [0.1, 0.15) is 18.2 Å². The maximum Gasteiger partial charge on any atom is 0.433 e. The number of fused-ring (bicyclic) bond motifs is 1. The van der Waals surface area contributed by atoms with E-state index in [1.165, 1.54) is 30.9 Å². The Morgan fingerprint density at radius 3 is 2.42 bits per heavy atom. The quantitative estimate of drug-likeness (QED) is 0.337. The summed E-state index contributed by atoms with van der Waals surface area (Å²) in [6.07, 6.45) is -3.10. The van der Waals surface area contributed by atoms with Gasteiger partial charge in [-0.05, 0) is 67.1 Å². The van der Waals surface area contributed by atoms with E-state index < -0.39 is 11.9 Å². The van der Waals surface area contributed by atoms with E-state index in [1.807, 2.05) is 49.4 Å². The summed E-state index contributed by atoms with van der Waals surface area (Å²) in [5.41, 5.74) is 2.19. The molecule has 4 aromatic rings. The molecule has 0 atom stereocenters. The van der Waals surface area contributed by atoms with Crippen molar-refractivity contribution < 1.29 is 18.0 Å². The topological polar surface area (TPSA) is 66.9 Å². The Labute approximate surface area is 192 Å². The van der Waals surface area contributed by atoms with Crippen molar-refractivity contribution in [3.05, 3.63) is 78.1 Å². The molecule has 33 heavy (non-hydrogen) atoms. The second-order valence-electron chi connectivity index (χ2n) is 7.36. The lowest BCUT2D eigenvalue weighted by Crippen LogP contribution is -2.08. The molecule has 0 aliphatic carbocycles. The highest BCUT2D eigenvalue weighted by molar-refractivity contribution is 7.99. The van der Waals surface area contributed by atoms with E-state index in [2.05, 4.69) is 20.6 Å². The van der Waals surface area contributed by atoms with Gasteiger partial charge in [-0.1, -0.05) is 17.8 Å². The number of rotatable bonds is 5. The van der Waals surface area contributed by atoms with Gasteiger partial charge in [0.25, 0.3) is 0 Å². The Morgan fingerprint density at radius 2 is 1.73 bits per heavy atom. The maximum absolute atomic E-state index is 13.0. The molecule has 0 spiro atoms. The summed E-state index contributed by atoms with van der Waals surface area (Å²) < 4.78 is 39.1. The molecule has 1 amide bonds. The summed E-state index contributed by atoms with van der Waals surface area (Å²) in [6, 6.07) is 17.4. The van der Waals surface area contributed by atoms with Gasteiger partial charge in [0.05, 0.1) is 11.4 Å². The number of carbonyl (C=O) groups excluding carboxylic acids is 1. The number of nitrogens with zero attached hydrogens (tertiary/aromatic N) is 2. The van der Waals surface area contributed by atoms with Crippen LogP contribution < -0.4 is 10.6 Å². The third-order valence-corrected chi connectivity index (χ3v) is 5.78. The predicted molar refractivity (Wildman–Crippen MR) is 124 cm³/mol. The fourth-order valence-corrected chi connectivity index (χ4v) is 4.09. The maximum atomic E-state index is 13.0. The lowest BCUT2D eigenvalue weighted by Gasteiger charge is -2.15. The first-order valence-corrected chi connectivity index (χ1v) is 10.8. The average molecular weight is 469 g/mol. The molecule has 0 saturated carbocycles. The Bertz CT molecular complexity index is 1320. The molecule has 4 rings (SSSR count). The monoisotopic (exact) mass is 468 g/mol. The van der Waals surface area contributed by atoms with Crippen LogP contribution in [0.5, 0.6) is 0 Å². The van der Waals surface area contributed by atoms with E-state index in [1.54, 1.807) is 6.07 Å². The number of alkyl halides is 3. The number of hydrogen-bond acceptors (Lipinski definition) is 5. The third kappa shape index (κ3) is 5.43. The SMILES string of the molecule is CC(=O)Nc1ccc(Sc2ccc(C)cc2Nc2ccnc3nc(C(F)(F)F)ccc23)cc1. The van der Waals surface area contributed by atoms with Crippen molar-refractivity contribution >= 4 is 45.8 Å². The average Bonchev–Trinajstić information content (AvgIpc) is 2.76. The molecule has 2 aromatic carbocycles. The molecule has 2 N–H and O–H groups in total. The van der Waals surface area contributed by atoms with Crippen molar-refractivity contribution in [2.75, 3.05) is 10.6 Å². The molecule has 9 heteroatoms. The number of benzene rings is 2. The van der Waals surface area contributed by atoms with Gasteiger partial charge >= 0.3 is 6.18 Å². The molecule has 0 aliphatic heterocycles. The summed E-state index contributed by atoms with van der Waals surface area (Å²) in [7, 11) is 0. The largest absolute Gasteiger partial charge is 0.433 e. The number of hydrogen-bond donors (Lipinski definition) is 2. The Morgan fingerprint density at radius 1 is 0.970 bits per heavy atom. The number of halogens is 3. The number of aromatic nitrogens is 2. The van der Waals surface area contributed by atoms with Gasteiger partial charge in [0.2, 0.25) is 5.91 Å². The predicted octanol–water partition coefficient (Wildman–Crippen LogP) is 6.81. The summed E-state index contributed by atoms with van der Waals surface area (Å²) >= 11 is 1.53. The molecule has 0 unspecified atom stereocenters. The van der Waals surface area contributed by atoms with Crippen molar-refractivity contribution in [3.8, 4) is 0 Å². The fraction of sp³-hybridized carbons (Fsp3) is 0.125. The van der Waals surface area contributed by atoms with Gasteiger partial charge in [-0.2, -0.15) is 13.2 Å². The second kappa shape index (κ2) is 9.11. The minimum absolute atomic E-state index is 0.0187. The van der Waals surface area contributed by atoms with Crippen LogP contribution in [0.2, 0.25) is 0 Å². The van der Waals surface area contributed by atoms with Crippen LogP contribution in [0, 0.1) is 6.92 Å². The van der Waals surface area contributed by atoms with Crippen molar-refractivity contribution in [1.82, 2.24) is 9.97 Å². The standard InChI is InChI=1S/C24H19F3N4OS/c1-14-3-9-21(33-17-6-4-16(5-7-17)29-15(2)32)20(13-14)30-19-11-12-28-23-18(19)8-10-22(31-23)24(25,26)27/h3-13H,1-2H3,(H,29,32)(H,28,30,31). The second-order valence-corrected chi connectivity index (χ2v) is 8.47. The minimum Gasteiger partial charge on any atom is -0.354 e. The first kappa shape index (κ1) is 22.6. The van der Waals surface area contributed by atoms with Crippen molar-refractivity contribution in [2.24, 2.45) is 0 Å². The van der Waals surface area contributed by atoms with Gasteiger partial charge in [-0.15, -0.1) is 0 Å². The lowest BCUT2D eigenvalue weighted by atomic mass is 10.2. The molecule has 0 fully saturated rings. The van der Waals surface area contributed by atoms with Crippen LogP contribution in [0.15, 0.2) is 76.7 Å². The van der Waals surface area contributed by atoms with Crippen molar-refractivity contribution in [1.29, 1.82) is 0 Å². The van der Waals surface area contributed by atoms with E-state index in [0.29, 0.717) is 16.8 Å². The lowest BCUT2D eigenvalue weighted by molar-refractivity contribution is -0.141. The van der Waals surface area contributed by atoms with Crippen LogP contribution in [0.4, 0.5) is 30.2 Å². The zero-order valence-corrected chi connectivity index (χ0v) is 18.5. The van der Waals surface area contributed by atoms with Crippen LogP contribution in [-0.2, 0) is 11.0 Å². The number of amides is 1. The molecule has 0 bridgehead atoms. The van der Waals surface area contributed by atoms with Gasteiger partial charge in [0.15, 0.2) is 5.65 Å². The van der Waals surface area contributed by atoms with Crippen LogP contribution >= 0.6 is 11.8 Å². The summed E-state index contributed by atoms with van der Waals surface area (Å²) in [4.78, 5) is 20.8. The zero-order valence-electron chi connectivity index (χ0n) is 17.7. The van der Waals surface area contributed by atoms with Crippen molar-refractivity contribution in [2.45, 2.75) is 29.8 Å². The van der Waals surface area contributed by atoms with E-state index in [-0.39, 0.29) is 11.6 Å². The number of anilines is 3. The molecule has 0 saturated heterocycles. The Kier molecular flexibility index (Phi) is 6.24. The number of carbonyl (C=O) groups is 1. The molecular formula is C24H19F3N4OS. The van der Waals surface area contributed by atoms with Gasteiger partial charge in [-0.3, -0.25) is 4.79 Å². The van der Waals surface area contributed by atoms with Gasteiger partial charge in [-0.25, -0.2) is 9.97 Å². The smallest absolute Gasteiger partial charge is 0.354 e. The summed E-state index contributed by atoms with van der Waals surface area (Å²) in [5.74, 6) is -0.137. The van der Waals surface area contributed by atoms with Gasteiger partial charge < -0.3 is 10.6 Å². The first-order valence-electron chi connectivity index (χ1n) is 9.95. The van der Waals surface area contributed by atoms with Crippen molar-refractivity contribution in [3.63, 3.8) is 0 Å². The van der Waals surface area contributed by atoms with E-state index in [9.17, 15) is 18.0 Å². The normalized spacial score (nSPS) is 11.4. The van der Waals surface area contributed by atoms with E-state index in [4.69, 9.17) is 0 Å². The highest BCUT2D eigenvalue weighted by Gasteiger charge is 2.32.